The topological polar surface area (TPSA) is 139 Å². The summed E-state index contributed by atoms with van der Waals surface area (Å²) in [5, 5.41) is 6.52. The van der Waals surface area contributed by atoms with Crippen molar-refractivity contribution in [1.29, 1.82) is 0 Å². The third-order valence-corrected chi connectivity index (χ3v) is 4.96. The predicted molar refractivity (Wildman–Crippen MR) is 123 cm³/mol. The van der Waals surface area contributed by atoms with Gasteiger partial charge >= 0.3 is 0 Å². The van der Waals surface area contributed by atoms with Crippen molar-refractivity contribution in [3.05, 3.63) is 61.1 Å². The number of anilines is 4. The van der Waals surface area contributed by atoms with Gasteiger partial charge < -0.3 is 16.4 Å². The summed E-state index contributed by atoms with van der Waals surface area (Å²) < 4.78 is 27.4. The fraction of sp³-hybridized carbons (Fsp3) is 0.150. The van der Waals surface area contributed by atoms with Gasteiger partial charge in [-0.05, 0) is 24.3 Å². The first-order valence-electron chi connectivity index (χ1n) is 9.49. The fourth-order valence-electron chi connectivity index (χ4n) is 3.03. The van der Waals surface area contributed by atoms with Crippen molar-refractivity contribution in [1.82, 2.24) is 19.4 Å². The van der Waals surface area contributed by atoms with Crippen LogP contribution in [-0.4, -0.2) is 47.1 Å². The zero-order valence-electron chi connectivity index (χ0n) is 16.8. The molecule has 0 amide bonds. The van der Waals surface area contributed by atoms with Crippen molar-refractivity contribution in [2.24, 2.45) is 0 Å². The van der Waals surface area contributed by atoms with Crippen molar-refractivity contribution in [3.63, 3.8) is 0 Å². The van der Waals surface area contributed by atoms with Crippen LogP contribution in [-0.2, 0) is 10.0 Å². The Bertz CT molecular complexity index is 1300. The molecule has 0 unspecified atom stereocenters. The fourth-order valence-corrected chi connectivity index (χ4v) is 3.58. The highest BCUT2D eigenvalue weighted by molar-refractivity contribution is 7.92. The number of aromatic nitrogens is 4. The minimum atomic E-state index is -3.37. The Labute approximate surface area is 179 Å². The number of imidazole rings is 1. The quantitative estimate of drug-likeness (QED) is 0.307. The highest BCUT2D eigenvalue weighted by Crippen LogP contribution is 2.24. The van der Waals surface area contributed by atoms with Gasteiger partial charge in [0.2, 0.25) is 16.0 Å². The Kier molecular flexibility index (Phi) is 5.58. The van der Waals surface area contributed by atoms with Crippen molar-refractivity contribution in [3.8, 4) is 11.3 Å². The van der Waals surface area contributed by atoms with Crippen molar-refractivity contribution < 1.29 is 8.42 Å². The van der Waals surface area contributed by atoms with Crippen LogP contribution in [0.1, 0.15) is 0 Å². The minimum absolute atomic E-state index is 0.472. The molecule has 0 radical (unpaired) electrons. The van der Waals surface area contributed by atoms with E-state index in [9.17, 15) is 8.42 Å². The maximum absolute atomic E-state index is 11.5. The molecule has 1 aromatic carbocycles. The van der Waals surface area contributed by atoms with E-state index < -0.39 is 10.0 Å². The van der Waals surface area contributed by atoms with Gasteiger partial charge in [-0.2, -0.15) is 0 Å². The van der Waals surface area contributed by atoms with E-state index in [2.05, 4.69) is 25.3 Å². The second-order valence-electron chi connectivity index (χ2n) is 6.91. The summed E-state index contributed by atoms with van der Waals surface area (Å²) in [4.78, 5) is 13.3. The average Bonchev–Trinajstić information content (AvgIpc) is 3.20. The lowest BCUT2D eigenvalue weighted by Crippen LogP contribution is -2.17. The van der Waals surface area contributed by atoms with Crippen molar-refractivity contribution in [2.75, 3.05) is 40.4 Å². The summed E-state index contributed by atoms with van der Waals surface area (Å²) in [5.74, 6) is 1.36. The molecule has 10 nitrogen and oxygen atoms in total. The van der Waals surface area contributed by atoms with Crippen LogP contribution in [0.4, 0.5) is 23.1 Å². The van der Waals surface area contributed by atoms with Crippen LogP contribution in [0.25, 0.3) is 16.9 Å². The highest BCUT2D eigenvalue weighted by Gasteiger charge is 2.10. The number of fused-ring (bicyclic) bond motifs is 1. The number of pyridine rings is 1. The van der Waals surface area contributed by atoms with E-state index >= 15 is 0 Å². The molecule has 0 bridgehead atoms. The molecule has 0 spiro atoms. The Balaban J connectivity index is 1.52. The van der Waals surface area contributed by atoms with Crippen LogP contribution in [0.3, 0.4) is 0 Å². The Morgan fingerprint density at radius 2 is 1.90 bits per heavy atom. The number of rotatable bonds is 8. The maximum atomic E-state index is 11.5. The summed E-state index contributed by atoms with van der Waals surface area (Å²) >= 11 is 0. The number of nitrogens with zero attached hydrogens (tertiary/aromatic N) is 4. The summed E-state index contributed by atoms with van der Waals surface area (Å²) in [5.41, 5.74) is 8.90. The molecule has 0 saturated heterocycles. The van der Waals surface area contributed by atoms with Gasteiger partial charge in [0.15, 0.2) is 0 Å². The molecule has 0 aliphatic carbocycles. The zero-order chi connectivity index (χ0) is 21.8. The summed E-state index contributed by atoms with van der Waals surface area (Å²) in [6.07, 6.45) is 6.24. The number of nitrogen functional groups attached to an aromatic ring is 1. The molecule has 11 heteroatoms. The molecule has 0 atom stereocenters. The molecule has 0 saturated carbocycles. The average molecular weight is 439 g/mol. The predicted octanol–water partition coefficient (Wildman–Crippen LogP) is 2.27. The maximum Gasteiger partial charge on any atom is 0.229 e. The molecule has 160 valence electrons. The van der Waals surface area contributed by atoms with Crippen LogP contribution in [0.2, 0.25) is 0 Å². The first kappa shape index (κ1) is 20.4. The van der Waals surface area contributed by atoms with Gasteiger partial charge in [-0.15, -0.1) is 0 Å². The van der Waals surface area contributed by atoms with E-state index in [0.717, 1.165) is 23.3 Å². The number of sulfonamides is 1. The van der Waals surface area contributed by atoms with Crippen LogP contribution >= 0.6 is 0 Å². The summed E-state index contributed by atoms with van der Waals surface area (Å²) in [7, 11) is -3.37. The van der Waals surface area contributed by atoms with Gasteiger partial charge in [0, 0.05) is 42.8 Å². The number of hydrogen-bond acceptors (Lipinski definition) is 8. The molecule has 3 heterocycles. The molecule has 4 rings (SSSR count). The molecule has 0 fully saturated rings. The number of nitrogens with one attached hydrogen (secondary N) is 3. The molecular weight excluding hydrogens is 416 g/mol. The van der Waals surface area contributed by atoms with E-state index in [0.29, 0.717) is 36.1 Å². The van der Waals surface area contributed by atoms with Crippen molar-refractivity contribution >= 4 is 38.8 Å². The second-order valence-corrected chi connectivity index (χ2v) is 8.65. The SMILES string of the molecule is CS(=O)(=O)Nc1cccc(-c2cc3nccn3c(NCCNc3ccc(N)cn3)n2)c1. The molecular formula is C20H22N8O2S. The lowest BCUT2D eigenvalue weighted by molar-refractivity contribution is 0.607. The second kappa shape index (κ2) is 8.48. The standard InChI is InChI=1S/C20H22N8O2S/c1-31(29,30)27-16-4-2-3-14(11-16)17-12-19-23-9-10-28(19)20(26-17)24-8-7-22-18-6-5-15(21)13-25-18/h2-6,9-13,27H,7-8,21H2,1H3,(H,22,25)(H,24,26). The molecule has 0 aliphatic heterocycles. The summed E-state index contributed by atoms with van der Waals surface area (Å²) in [6, 6.07) is 12.5. The monoisotopic (exact) mass is 438 g/mol. The van der Waals surface area contributed by atoms with Gasteiger partial charge in [-0.3, -0.25) is 9.12 Å². The van der Waals surface area contributed by atoms with Gasteiger partial charge in [0.05, 0.1) is 23.8 Å². The van der Waals surface area contributed by atoms with Crippen LogP contribution < -0.4 is 21.1 Å². The molecule has 31 heavy (non-hydrogen) atoms. The van der Waals surface area contributed by atoms with Gasteiger partial charge in [0.1, 0.15) is 11.5 Å². The van der Waals surface area contributed by atoms with E-state index in [1.807, 2.05) is 28.8 Å². The smallest absolute Gasteiger partial charge is 0.229 e. The third-order valence-electron chi connectivity index (χ3n) is 4.35. The molecule has 4 aromatic rings. The lowest BCUT2D eigenvalue weighted by Gasteiger charge is -2.12. The number of nitrogens with two attached hydrogens (primary N) is 1. The van der Waals surface area contributed by atoms with E-state index in [1.165, 1.54) is 0 Å². The van der Waals surface area contributed by atoms with Crippen molar-refractivity contribution in [2.45, 2.75) is 0 Å². The highest BCUT2D eigenvalue weighted by atomic mass is 32.2. The minimum Gasteiger partial charge on any atom is -0.397 e. The van der Waals surface area contributed by atoms with E-state index in [4.69, 9.17) is 10.7 Å². The first-order chi connectivity index (χ1) is 14.9. The van der Waals surface area contributed by atoms with E-state index in [-0.39, 0.29) is 0 Å². The normalized spacial score (nSPS) is 11.4. The zero-order valence-corrected chi connectivity index (χ0v) is 17.6. The molecule has 5 N–H and O–H groups in total. The van der Waals surface area contributed by atoms with Crippen LogP contribution in [0.5, 0.6) is 0 Å². The first-order valence-corrected chi connectivity index (χ1v) is 11.4. The van der Waals surface area contributed by atoms with Gasteiger partial charge in [0.25, 0.3) is 0 Å². The number of benzene rings is 1. The number of hydrogen-bond donors (Lipinski definition) is 4. The van der Waals surface area contributed by atoms with Gasteiger partial charge in [-0.1, -0.05) is 12.1 Å². The Morgan fingerprint density at radius 1 is 1.06 bits per heavy atom. The Morgan fingerprint density at radius 3 is 2.68 bits per heavy atom. The van der Waals surface area contributed by atoms with E-state index in [1.54, 1.807) is 36.7 Å². The summed E-state index contributed by atoms with van der Waals surface area (Å²) in [6.45, 7) is 1.21. The van der Waals surface area contributed by atoms with Crippen LogP contribution in [0, 0.1) is 0 Å². The molecule has 0 aliphatic rings. The molecule has 3 aromatic heterocycles. The lowest BCUT2D eigenvalue weighted by atomic mass is 10.1. The largest absolute Gasteiger partial charge is 0.397 e. The third kappa shape index (κ3) is 5.20. The van der Waals surface area contributed by atoms with Crippen LogP contribution in [0.15, 0.2) is 61.1 Å². The van der Waals surface area contributed by atoms with Gasteiger partial charge in [-0.25, -0.2) is 23.4 Å². The Hall–Kier alpha value is -3.86.